The van der Waals surface area contributed by atoms with Crippen molar-refractivity contribution in [3.8, 4) is 0 Å². The van der Waals surface area contributed by atoms with Gasteiger partial charge in [-0.2, -0.15) is 5.10 Å². The van der Waals surface area contributed by atoms with Crippen molar-refractivity contribution in [1.82, 2.24) is 15.1 Å². The van der Waals surface area contributed by atoms with Crippen molar-refractivity contribution in [2.24, 2.45) is 13.0 Å². The largest absolute Gasteiger partial charge is 0.312 e. The lowest BCUT2D eigenvalue weighted by Gasteiger charge is -2.26. The Balaban J connectivity index is 2.08. The third kappa shape index (κ3) is 3.15. The maximum Gasteiger partial charge on any atom is 0.0635 e. The van der Waals surface area contributed by atoms with Crippen LogP contribution in [0, 0.1) is 5.92 Å². The Bertz CT molecular complexity index is 386. The minimum Gasteiger partial charge on any atom is -0.312 e. The highest BCUT2D eigenvalue weighted by Crippen LogP contribution is 2.41. The van der Waals surface area contributed by atoms with E-state index in [2.05, 4.69) is 47.1 Å². The summed E-state index contributed by atoms with van der Waals surface area (Å²) in [4.78, 5) is 0. The van der Waals surface area contributed by atoms with Gasteiger partial charge in [0.15, 0.2) is 0 Å². The zero-order valence-corrected chi connectivity index (χ0v) is 13.4. The molecule has 0 radical (unpaired) electrons. The van der Waals surface area contributed by atoms with E-state index in [-0.39, 0.29) is 5.54 Å². The second-order valence-electron chi connectivity index (χ2n) is 6.43. The van der Waals surface area contributed by atoms with Crippen molar-refractivity contribution in [1.29, 1.82) is 0 Å². The minimum absolute atomic E-state index is 0.205. The first kappa shape index (κ1) is 14.1. The van der Waals surface area contributed by atoms with Crippen LogP contribution in [0.1, 0.15) is 51.6 Å². The van der Waals surface area contributed by atoms with Gasteiger partial charge in [-0.1, -0.05) is 6.42 Å². The molecule has 0 aromatic carbocycles. The van der Waals surface area contributed by atoms with Gasteiger partial charge in [0.2, 0.25) is 0 Å². The predicted octanol–water partition coefficient (Wildman–Crippen LogP) is 3.45. The van der Waals surface area contributed by atoms with Crippen LogP contribution < -0.4 is 5.32 Å². The van der Waals surface area contributed by atoms with Gasteiger partial charge in [-0.05, 0) is 62.0 Å². The van der Waals surface area contributed by atoms with Gasteiger partial charge in [0, 0.05) is 18.5 Å². The lowest BCUT2D eigenvalue weighted by Crippen LogP contribution is -2.39. The molecule has 1 heterocycles. The maximum absolute atomic E-state index is 4.35. The first-order chi connectivity index (χ1) is 8.38. The summed E-state index contributed by atoms with van der Waals surface area (Å²) in [5.74, 6) is 1.37. The molecule has 1 N–H and O–H groups in total. The lowest BCUT2D eigenvalue weighted by atomic mass is 9.92. The Morgan fingerprint density at radius 1 is 1.44 bits per heavy atom. The van der Waals surface area contributed by atoms with E-state index in [0.29, 0.717) is 5.92 Å². The quantitative estimate of drug-likeness (QED) is 0.926. The van der Waals surface area contributed by atoms with Crippen LogP contribution in [0.15, 0.2) is 10.7 Å². The summed E-state index contributed by atoms with van der Waals surface area (Å²) < 4.78 is 3.20. The molecule has 2 unspecified atom stereocenters. The standard InChI is InChI=1S/C14H24BrN3/c1-14(2,3)16-8-10-6-5-7-11(10)13-12(15)9-17-18(13)4/h9-11,16H,5-8H2,1-4H3. The number of rotatable bonds is 3. The van der Waals surface area contributed by atoms with E-state index in [0.717, 1.165) is 16.9 Å². The molecule has 0 saturated heterocycles. The van der Waals surface area contributed by atoms with Crippen LogP contribution in [0.25, 0.3) is 0 Å². The summed E-state index contributed by atoms with van der Waals surface area (Å²) in [7, 11) is 2.05. The molecule has 3 nitrogen and oxygen atoms in total. The smallest absolute Gasteiger partial charge is 0.0635 e. The van der Waals surface area contributed by atoms with Gasteiger partial charge in [0.25, 0.3) is 0 Å². The van der Waals surface area contributed by atoms with E-state index in [1.165, 1.54) is 25.0 Å². The van der Waals surface area contributed by atoms with Crippen molar-refractivity contribution in [2.75, 3.05) is 6.54 Å². The second kappa shape index (κ2) is 5.33. The molecule has 2 atom stereocenters. The van der Waals surface area contributed by atoms with Crippen LogP contribution in [0.3, 0.4) is 0 Å². The molecule has 18 heavy (non-hydrogen) atoms. The zero-order valence-electron chi connectivity index (χ0n) is 11.8. The highest BCUT2D eigenvalue weighted by Gasteiger charge is 2.32. The molecule has 0 amide bonds. The Labute approximate surface area is 118 Å². The van der Waals surface area contributed by atoms with Crippen LogP contribution in [-0.4, -0.2) is 21.9 Å². The minimum atomic E-state index is 0.205. The fraction of sp³-hybridized carbons (Fsp3) is 0.786. The molecular formula is C14H24BrN3. The van der Waals surface area contributed by atoms with Gasteiger partial charge in [-0.15, -0.1) is 0 Å². The molecule has 1 fully saturated rings. The molecule has 1 aromatic rings. The van der Waals surface area contributed by atoms with Gasteiger partial charge < -0.3 is 5.32 Å². The van der Waals surface area contributed by atoms with Crippen molar-refractivity contribution in [2.45, 2.75) is 51.5 Å². The van der Waals surface area contributed by atoms with Gasteiger partial charge in [0.05, 0.1) is 16.4 Å². The molecule has 0 spiro atoms. The molecule has 0 bridgehead atoms. The third-order valence-electron chi connectivity index (χ3n) is 3.84. The van der Waals surface area contributed by atoms with Crippen LogP contribution in [0.5, 0.6) is 0 Å². The molecule has 4 heteroatoms. The average Bonchev–Trinajstić information content (AvgIpc) is 2.82. The highest BCUT2D eigenvalue weighted by molar-refractivity contribution is 9.10. The van der Waals surface area contributed by atoms with E-state index >= 15 is 0 Å². The number of halogens is 1. The van der Waals surface area contributed by atoms with E-state index in [4.69, 9.17) is 0 Å². The van der Waals surface area contributed by atoms with E-state index in [1.807, 2.05) is 17.9 Å². The molecule has 1 saturated carbocycles. The van der Waals surface area contributed by atoms with Crippen molar-refractivity contribution >= 4 is 15.9 Å². The van der Waals surface area contributed by atoms with E-state index < -0.39 is 0 Å². The average molecular weight is 314 g/mol. The molecule has 1 aromatic heterocycles. The summed E-state index contributed by atoms with van der Waals surface area (Å²) in [6.07, 6.45) is 5.86. The normalized spacial score (nSPS) is 24.7. The second-order valence-corrected chi connectivity index (χ2v) is 7.28. The molecule has 2 rings (SSSR count). The summed E-state index contributed by atoms with van der Waals surface area (Å²) >= 11 is 3.64. The van der Waals surface area contributed by atoms with Crippen LogP contribution >= 0.6 is 15.9 Å². The molecule has 1 aliphatic rings. The van der Waals surface area contributed by atoms with Gasteiger partial charge in [-0.3, -0.25) is 4.68 Å². The number of nitrogens with one attached hydrogen (secondary N) is 1. The van der Waals surface area contributed by atoms with Crippen molar-refractivity contribution < 1.29 is 0 Å². The molecule has 102 valence electrons. The number of aromatic nitrogens is 2. The number of hydrogen-bond donors (Lipinski definition) is 1. The van der Waals surface area contributed by atoms with E-state index in [9.17, 15) is 0 Å². The number of hydrogen-bond acceptors (Lipinski definition) is 2. The summed E-state index contributed by atoms with van der Waals surface area (Å²) in [5.41, 5.74) is 1.57. The van der Waals surface area contributed by atoms with E-state index in [1.54, 1.807) is 0 Å². The monoisotopic (exact) mass is 313 g/mol. The Morgan fingerprint density at radius 2 is 2.17 bits per heavy atom. The number of nitrogens with zero attached hydrogens (tertiary/aromatic N) is 2. The first-order valence-corrected chi connectivity index (χ1v) is 7.60. The fourth-order valence-corrected chi connectivity index (χ4v) is 3.56. The van der Waals surface area contributed by atoms with Crippen LogP contribution in [0.4, 0.5) is 0 Å². The zero-order chi connectivity index (χ0) is 13.3. The molecule has 1 aliphatic carbocycles. The topological polar surface area (TPSA) is 29.9 Å². The van der Waals surface area contributed by atoms with Crippen molar-refractivity contribution in [3.05, 3.63) is 16.4 Å². The van der Waals surface area contributed by atoms with Crippen LogP contribution in [-0.2, 0) is 7.05 Å². The summed E-state index contributed by atoms with van der Waals surface area (Å²) in [6.45, 7) is 7.80. The highest BCUT2D eigenvalue weighted by atomic mass is 79.9. The third-order valence-corrected chi connectivity index (χ3v) is 4.45. The van der Waals surface area contributed by atoms with Gasteiger partial charge >= 0.3 is 0 Å². The van der Waals surface area contributed by atoms with Gasteiger partial charge in [-0.25, -0.2) is 0 Å². The molecule has 0 aliphatic heterocycles. The Morgan fingerprint density at radius 3 is 2.72 bits per heavy atom. The summed E-state index contributed by atoms with van der Waals surface area (Å²) in [6, 6.07) is 0. The number of aryl methyl sites for hydroxylation is 1. The Kier molecular flexibility index (Phi) is 4.17. The first-order valence-electron chi connectivity index (χ1n) is 6.81. The predicted molar refractivity (Wildman–Crippen MR) is 78.7 cm³/mol. The Hall–Kier alpha value is -0.350. The van der Waals surface area contributed by atoms with Gasteiger partial charge in [0.1, 0.15) is 0 Å². The maximum atomic E-state index is 4.35. The SMILES string of the molecule is Cn1ncc(Br)c1C1CCCC1CNC(C)(C)C. The molecular weight excluding hydrogens is 290 g/mol. The lowest BCUT2D eigenvalue weighted by molar-refractivity contribution is 0.351. The summed E-state index contributed by atoms with van der Waals surface area (Å²) in [5, 5.41) is 8.00. The fourth-order valence-electron chi connectivity index (χ4n) is 2.92. The van der Waals surface area contributed by atoms with Crippen molar-refractivity contribution in [3.63, 3.8) is 0 Å². The van der Waals surface area contributed by atoms with Crippen LogP contribution in [0.2, 0.25) is 0 Å².